The third kappa shape index (κ3) is 5.02. The summed E-state index contributed by atoms with van der Waals surface area (Å²) in [5.41, 5.74) is 3.73. The number of hydrogen-bond donors (Lipinski definition) is 1. The van der Waals surface area contributed by atoms with Gasteiger partial charge >= 0.3 is 0 Å². The molecule has 0 spiro atoms. The molecule has 158 valence electrons. The molecule has 1 heterocycles. The lowest BCUT2D eigenvalue weighted by Gasteiger charge is -2.37. The number of hydrogen-bond acceptors (Lipinski definition) is 5. The highest BCUT2D eigenvalue weighted by Crippen LogP contribution is 2.43. The number of aryl methyl sites for hydroxylation is 1. The van der Waals surface area contributed by atoms with Crippen molar-refractivity contribution in [1.82, 2.24) is 4.98 Å². The molecule has 1 aromatic carbocycles. The highest BCUT2D eigenvalue weighted by molar-refractivity contribution is 5.75. The molecule has 1 N–H and O–H groups in total. The van der Waals surface area contributed by atoms with E-state index < -0.39 is 0 Å². The zero-order valence-corrected chi connectivity index (χ0v) is 18.0. The maximum Gasteiger partial charge on any atom is 0.166 e. The number of aromatic hydroxyl groups is 1. The molecule has 1 fully saturated rings. The number of nitrogens with zero attached hydrogens (tertiary/aromatic N) is 2. The van der Waals surface area contributed by atoms with Crippen LogP contribution in [-0.4, -0.2) is 30.4 Å². The second-order valence-corrected chi connectivity index (χ2v) is 7.83. The molecule has 0 unspecified atom stereocenters. The van der Waals surface area contributed by atoms with Crippen LogP contribution in [0.4, 0.5) is 11.4 Å². The molecule has 0 bridgehead atoms. The summed E-state index contributed by atoms with van der Waals surface area (Å²) in [5.74, 6) is 1.05. The minimum Gasteiger partial charge on any atom is -0.506 e. The van der Waals surface area contributed by atoms with Gasteiger partial charge in [-0.15, -0.1) is 0 Å². The maximum absolute atomic E-state index is 11.0. The van der Waals surface area contributed by atoms with Crippen LogP contribution in [0.1, 0.15) is 63.1 Å². The van der Waals surface area contributed by atoms with E-state index in [1.807, 2.05) is 12.1 Å². The number of unbranched alkanes of at least 4 members (excludes halogenated alkanes) is 1. The monoisotopic (exact) mass is 398 g/mol. The van der Waals surface area contributed by atoms with E-state index in [1.54, 1.807) is 20.4 Å². The smallest absolute Gasteiger partial charge is 0.166 e. The number of phenolic OH excluding ortho intramolecular Hbond substituents is 1. The van der Waals surface area contributed by atoms with Gasteiger partial charge in [0.05, 0.1) is 25.1 Å². The molecule has 1 aliphatic carbocycles. The van der Waals surface area contributed by atoms with Crippen LogP contribution in [-0.2, 0) is 17.8 Å². The van der Waals surface area contributed by atoms with Crippen LogP contribution in [0.15, 0.2) is 30.5 Å². The van der Waals surface area contributed by atoms with Crippen molar-refractivity contribution in [2.45, 2.75) is 70.9 Å². The van der Waals surface area contributed by atoms with Crippen molar-refractivity contribution >= 4 is 11.4 Å². The maximum atomic E-state index is 11.0. The summed E-state index contributed by atoms with van der Waals surface area (Å²) in [4.78, 5) is 6.71. The Labute approximate surface area is 174 Å². The van der Waals surface area contributed by atoms with Gasteiger partial charge in [0, 0.05) is 19.3 Å². The van der Waals surface area contributed by atoms with E-state index in [9.17, 15) is 5.11 Å². The molecule has 0 amide bonds. The predicted molar refractivity (Wildman–Crippen MR) is 117 cm³/mol. The van der Waals surface area contributed by atoms with Crippen molar-refractivity contribution in [2.24, 2.45) is 0 Å². The minimum absolute atomic E-state index is 0.322. The number of ether oxygens (including phenoxy) is 2. The van der Waals surface area contributed by atoms with Crippen LogP contribution in [0, 0.1) is 0 Å². The Morgan fingerprint density at radius 2 is 1.90 bits per heavy atom. The lowest BCUT2D eigenvalue weighted by Crippen LogP contribution is -2.33. The molecule has 0 aliphatic heterocycles. The molecule has 2 aromatic rings. The molecular formula is C24H34N2O3. The number of aromatic nitrogens is 1. The average molecular weight is 399 g/mol. The number of rotatable bonds is 9. The fourth-order valence-electron chi connectivity index (χ4n) is 4.30. The van der Waals surface area contributed by atoms with Crippen LogP contribution in [0.2, 0.25) is 0 Å². The summed E-state index contributed by atoms with van der Waals surface area (Å²) >= 11 is 0. The fourth-order valence-corrected chi connectivity index (χ4v) is 4.30. The normalized spacial score (nSPS) is 14.7. The predicted octanol–water partition coefficient (Wildman–Crippen LogP) is 5.76. The van der Waals surface area contributed by atoms with E-state index in [2.05, 4.69) is 28.9 Å². The van der Waals surface area contributed by atoms with Crippen molar-refractivity contribution in [2.75, 3.05) is 19.1 Å². The van der Waals surface area contributed by atoms with Crippen molar-refractivity contribution in [1.29, 1.82) is 0 Å². The van der Waals surface area contributed by atoms with Crippen LogP contribution in [0.25, 0.3) is 0 Å². The van der Waals surface area contributed by atoms with E-state index in [1.165, 1.54) is 24.8 Å². The standard InChI is InChI=1S/C24H34N2O3/c1-4-5-9-18-12-13-21(23(27)16-18)26(19-10-7-6-8-11-19)22-14-15-25-20(17-28-2)24(22)29-3/h12-16,19,27H,4-11,17H2,1-3H3. The highest BCUT2D eigenvalue weighted by atomic mass is 16.5. The molecule has 3 rings (SSSR count). The highest BCUT2D eigenvalue weighted by Gasteiger charge is 2.28. The SMILES string of the molecule is CCCCc1ccc(N(c2ccnc(COC)c2OC)C2CCCCC2)c(O)c1. The quantitative estimate of drug-likeness (QED) is 0.582. The summed E-state index contributed by atoms with van der Waals surface area (Å²) in [6, 6.07) is 8.43. The number of pyridine rings is 1. The van der Waals surface area contributed by atoms with E-state index >= 15 is 0 Å². The Morgan fingerprint density at radius 3 is 2.55 bits per heavy atom. The van der Waals surface area contributed by atoms with E-state index in [4.69, 9.17) is 9.47 Å². The van der Waals surface area contributed by atoms with Gasteiger partial charge in [-0.05, 0) is 49.4 Å². The van der Waals surface area contributed by atoms with Crippen molar-refractivity contribution in [3.05, 3.63) is 41.7 Å². The molecule has 1 saturated carbocycles. The second-order valence-electron chi connectivity index (χ2n) is 7.83. The first-order valence-corrected chi connectivity index (χ1v) is 10.8. The Bertz CT molecular complexity index is 788. The van der Waals surface area contributed by atoms with Gasteiger partial charge in [0.1, 0.15) is 11.4 Å². The fraction of sp³-hybridized carbons (Fsp3) is 0.542. The van der Waals surface area contributed by atoms with Crippen LogP contribution < -0.4 is 9.64 Å². The number of methoxy groups -OCH3 is 2. The van der Waals surface area contributed by atoms with E-state index in [0.29, 0.717) is 18.4 Å². The second kappa shape index (κ2) is 10.5. The van der Waals surface area contributed by atoms with Crippen molar-refractivity contribution < 1.29 is 14.6 Å². The van der Waals surface area contributed by atoms with Crippen molar-refractivity contribution in [3.63, 3.8) is 0 Å². The zero-order chi connectivity index (χ0) is 20.6. The minimum atomic E-state index is 0.322. The van der Waals surface area contributed by atoms with Gasteiger partial charge in [0.15, 0.2) is 5.75 Å². The van der Waals surface area contributed by atoms with Crippen LogP contribution >= 0.6 is 0 Å². The zero-order valence-electron chi connectivity index (χ0n) is 18.0. The summed E-state index contributed by atoms with van der Waals surface area (Å²) in [5, 5.41) is 11.0. The van der Waals surface area contributed by atoms with Gasteiger partial charge in [0.25, 0.3) is 0 Å². The van der Waals surface area contributed by atoms with Gasteiger partial charge in [-0.25, -0.2) is 0 Å². The molecule has 0 atom stereocenters. The van der Waals surface area contributed by atoms with E-state index in [0.717, 1.165) is 54.9 Å². The Hall–Kier alpha value is -2.27. The Kier molecular flexibility index (Phi) is 7.76. The first kappa shape index (κ1) is 21.4. The van der Waals surface area contributed by atoms with Gasteiger partial charge in [-0.1, -0.05) is 38.7 Å². The summed E-state index contributed by atoms with van der Waals surface area (Å²) in [6.45, 7) is 2.57. The first-order chi connectivity index (χ1) is 14.2. The number of anilines is 2. The van der Waals surface area contributed by atoms with Gasteiger partial charge < -0.3 is 19.5 Å². The average Bonchev–Trinajstić information content (AvgIpc) is 2.75. The molecular weight excluding hydrogens is 364 g/mol. The van der Waals surface area contributed by atoms with Gasteiger partial charge in [-0.3, -0.25) is 4.98 Å². The number of benzene rings is 1. The Balaban J connectivity index is 2.06. The molecule has 1 aromatic heterocycles. The summed E-state index contributed by atoms with van der Waals surface area (Å²) < 4.78 is 11.1. The third-order valence-electron chi connectivity index (χ3n) is 5.76. The van der Waals surface area contributed by atoms with E-state index in [-0.39, 0.29) is 0 Å². The first-order valence-electron chi connectivity index (χ1n) is 10.8. The van der Waals surface area contributed by atoms with Crippen LogP contribution in [0.3, 0.4) is 0 Å². The molecule has 0 radical (unpaired) electrons. The molecule has 29 heavy (non-hydrogen) atoms. The lowest BCUT2D eigenvalue weighted by atomic mass is 9.93. The van der Waals surface area contributed by atoms with Crippen LogP contribution in [0.5, 0.6) is 11.5 Å². The third-order valence-corrected chi connectivity index (χ3v) is 5.76. The summed E-state index contributed by atoms with van der Waals surface area (Å²) in [6.07, 6.45) is 10.9. The van der Waals surface area contributed by atoms with Crippen molar-refractivity contribution in [3.8, 4) is 11.5 Å². The van der Waals surface area contributed by atoms with Gasteiger partial charge in [-0.2, -0.15) is 0 Å². The summed E-state index contributed by atoms with van der Waals surface area (Å²) in [7, 11) is 3.33. The largest absolute Gasteiger partial charge is 0.506 e. The Morgan fingerprint density at radius 1 is 1.10 bits per heavy atom. The van der Waals surface area contributed by atoms with Gasteiger partial charge in [0.2, 0.25) is 0 Å². The lowest BCUT2D eigenvalue weighted by molar-refractivity contribution is 0.178. The molecule has 1 aliphatic rings. The molecule has 5 nitrogen and oxygen atoms in total. The number of phenols is 1. The molecule has 0 saturated heterocycles. The molecule has 5 heteroatoms. The topological polar surface area (TPSA) is 54.8 Å².